The molecule has 2 saturated heterocycles. The largest absolute Gasteiger partial charge is 0.493 e. The van der Waals surface area contributed by atoms with Crippen LogP contribution in [-0.2, 0) is 17.7 Å². The van der Waals surface area contributed by atoms with Crippen LogP contribution in [0.4, 0.5) is 17.3 Å². The molecule has 3 aromatic rings. The van der Waals surface area contributed by atoms with Crippen LogP contribution in [0.1, 0.15) is 61.6 Å². The molecule has 11 nitrogen and oxygen atoms in total. The van der Waals surface area contributed by atoms with Gasteiger partial charge in [-0.3, -0.25) is 14.2 Å². The Kier molecular flexibility index (Phi) is 8.03. The number of nitrogens with zero attached hydrogens (tertiary/aromatic N) is 5. The van der Waals surface area contributed by atoms with Crippen molar-refractivity contribution in [2.24, 2.45) is 5.41 Å². The van der Waals surface area contributed by atoms with E-state index in [1.165, 1.54) is 16.3 Å². The molecular formula is C29H34ClN7O4S. The van der Waals surface area contributed by atoms with E-state index in [9.17, 15) is 14.7 Å². The molecule has 222 valence electrons. The Balaban J connectivity index is 1.14. The minimum atomic E-state index is -0.781. The maximum atomic E-state index is 13.1. The number of carbonyl (C=O) groups excluding carboxylic acids is 1. The molecule has 13 heteroatoms. The number of aromatic nitrogens is 4. The van der Waals surface area contributed by atoms with Crippen molar-refractivity contribution in [2.75, 3.05) is 35.6 Å². The Morgan fingerprint density at radius 1 is 1.26 bits per heavy atom. The summed E-state index contributed by atoms with van der Waals surface area (Å²) in [4.78, 5) is 42.2. The average Bonchev–Trinajstić information content (AvgIpc) is 3.39. The van der Waals surface area contributed by atoms with E-state index >= 15 is 0 Å². The van der Waals surface area contributed by atoms with Crippen LogP contribution in [0.2, 0.25) is 5.02 Å². The maximum absolute atomic E-state index is 13.1. The van der Waals surface area contributed by atoms with Crippen molar-refractivity contribution in [1.82, 2.24) is 19.5 Å². The third-order valence-corrected chi connectivity index (χ3v) is 10.1. The van der Waals surface area contributed by atoms with E-state index in [0.717, 1.165) is 64.0 Å². The first-order valence-corrected chi connectivity index (χ1v) is 15.6. The molecule has 2 fully saturated rings. The van der Waals surface area contributed by atoms with Crippen LogP contribution in [0.3, 0.4) is 0 Å². The molecule has 1 aromatic carbocycles. The Bertz CT molecular complexity index is 1570. The average molecular weight is 612 g/mol. The first-order chi connectivity index (χ1) is 20.3. The highest BCUT2D eigenvalue weighted by atomic mass is 35.5. The zero-order valence-corrected chi connectivity index (χ0v) is 25.0. The van der Waals surface area contributed by atoms with Crippen LogP contribution in [0.25, 0.3) is 0 Å². The number of carbonyl (C=O) groups is 1. The lowest BCUT2D eigenvalue weighted by Crippen LogP contribution is -2.41. The van der Waals surface area contributed by atoms with Crippen molar-refractivity contribution in [3.8, 4) is 5.88 Å². The van der Waals surface area contributed by atoms with Crippen molar-refractivity contribution in [3.05, 3.63) is 51.2 Å². The molecule has 6 rings (SSSR count). The van der Waals surface area contributed by atoms with Gasteiger partial charge in [0.25, 0.3) is 11.5 Å². The van der Waals surface area contributed by atoms with E-state index in [2.05, 4.69) is 32.1 Å². The number of hydrogen-bond acceptors (Lipinski definition) is 10. The number of fused-ring (bicyclic) bond motifs is 1. The van der Waals surface area contributed by atoms with Crippen LogP contribution in [0.5, 0.6) is 5.88 Å². The molecule has 1 atom stereocenters. The van der Waals surface area contributed by atoms with Gasteiger partial charge in [0, 0.05) is 31.0 Å². The van der Waals surface area contributed by atoms with Gasteiger partial charge in [-0.05, 0) is 56.1 Å². The molecule has 2 aromatic heterocycles. The summed E-state index contributed by atoms with van der Waals surface area (Å²) in [5.41, 5.74) is 5.91. The first kappa shape index (κ1) is 28.8. The number of ether oxygens (including phenoxy) is 1. The summed E-state index contributed by atoms with van der Waals surface area (Å²) in [5.74, 6) is 0.155. The van der Waals surface area contributed by atoms with Gasteiger partial charge in [0.05, 0.1) is 29.6 Å². The fourth-order valence-corrected chi connectivity index (χ4v) is 7.16. The molecule has 0 bridgehead atoms. The SMILES string of the molecule is CC[C@H]1CC2(CCN(c3cnc(Sc4cccc(NC(=O)c5c(O)nc6n(c5=O)CCCC6)c4Cl)c(N)n3)CC2)CO1. The zero-order chi connectivity index (χ0) is 29.4. The third-order valence-electron chi connectivity index (χ3n) is 8.55. The van der Waals surface area contributed by atoms with Crippen LogP contribution in [-0.4, -0.2) is 56.3 Å². The zero-order valence-electron chi connectivity index (χ0n) is 23.4. The highest BCUT2D eigenvalue weighted by molar-refractivity contribution is 7.99. The first-order valence-electron chi connectivity index (χ1n) is 14.4. The number of nitrogen functional groups attached to an aromatic ring is 1. The van der Waals surface area contributed by atoms with Crippen molar-refractivity contribution < 1.29 is 14.6 Å². The number of aromatic hydroxyl groups is 1. The quantitative estimate of drug-likeness (QED) is 0.364. The molecule has 3 aliphatic rings. The molecule has 0 radical (unpaired) electrons. The van der Waals surface area contributed by atoms with E-state index in [0.29, 0.717) is 34.8 Å². The standard InChI is InChI=1S/C29H34ClN7O4S/c1-2-17-14-29(16-41-17)9-12-36(13-10-29)21-15-32-27(24(31)34-21)42-19-7-5-6-18(23(19)30)33-25(38)22-26(39)35-20-8-3-4-11-37(20)28(22)40/h5-7,15,17,39H,2-4,8-14,16H2,1H3,(H2,31,34)(H,33,38)/t17-/m0/s1. The van der Waals surface area contributed by atoms with E-state index < -0.39 is 22.9 Å². The van der Waals surface area contributed by atoms with Gasteiger partial charge in [0.2, 0.25) is 5.88 Å². The second-order valence-corrected chi connectivity index (χ2v) is 12.7. The summed E-state index contributed by atoms with van der Waals surface area (Å²) in [5, 5.41) is 13.8. The summed E-state index contributed by atoms with van der Waals surface area (Å²) in [6, 6.07) is 5.12. The summed E-state index contributed by atoms with van der Waals surface area (Å²) in [7, 11) is 0. The molecule has 1 amide bonds. The molecule has 0 unspecified atom stereocenters. The number of anilines is 3. The fraction of sp³-hybridized carbons (Fsp3) is 0.483. The van der Waals surface area contributed by atoms with Gasteiger partial charge in [0.15, 0.2) is 11.4 Å². The molecule has 4 N–H and O–H groups in total. The topological polar surface area (TPSA) is 148 Å². The number of rotatable bonds is 6. The van der Waals surface area contributed by atoms with Crippen molar-refractivity contribution in [2.45, 2.75) is 74.4 Å². The van der Waals surface area contributed by atoms with E-state index in [-0.39, 0.29) is 21.9 Å². The Morgan fingerprint density at radius 3 is 2.81 bits per heavy atom. The van der Waals surface area contributed by atoms with E-state index in [1.807, 2.05) is 0 Å². The summed E-state index contributed by atoms with van der Waals surface area (Å²) >= 11 is 7.90. The Labute approximate surface area is 252 Å². The minimum absolute atomic E-state index is 0.247. The second-order valence-electron chi connectivity index (χ2n) is 11.3. The number of nitrogens with two attached hydrogens (primary N) is 1. The number of aryl methyl sites for hydroxylation is 1. The lowest BCUT2D eigenvalue weighted by atomic mass is 9.76. The highest BCUT2D eigenvalue weighted by Gasteiger charge is 2.42. The summed E-state index contributed by atoms with van der Waals surface area (Å²) < 4.78 is 7.44. The van der Waals surface area contributed by atoms with Crippen molar-refractivity contribution in [3.63, 3.8) is 0 Å². The van der Waals surface area contributed by atoms with Crippen molar-refractivity contribution in [1.29, 1.82) is 0 Å². The van der Waals surface area contributed by atoms with Crippen LogP contribution in [0, 0.1) is 5.41 Å². The minimum Gasteiger partial charge on any atom is -0.493 e. The van der Waals surface area contributed by atoms with Gasteiger partial charge < -0.3 is 25.8 Å². The number of nitrogens with one attached hydrogen (secondary N) is 1. The Morgan fingerprint density at radius 2 is 2.07 bits per heavy atom. The number of amides is 1. The fourth-order valence-electron chi connectivity index (χ4n) is 6.06. The second kappa shape index (κ2) is 11.7. The Hall–Kier alpha value is -3.35. The number of halogens is 1. The summed E-state index contributed by atoms with van der Waals surface area (Å²) in [6.07, 6.45) is 8.67. The number of piperidine rings is 1. The number of hydrogen-bond donors (Lipinski definition) is 3. The van der Waals surface area contributed by atoms with Gasteiger partial charge in [0.1, 0.15) is 16.7 Å². The molecule has 1 spiro atoms. The number of benzene rings is 1. The molecule has 3 aliphatic heterocycles. The smallest absolute Gasteiger partial charge is 0.270 e. The molecule has 0 aliphatic carbocycles. The molecule has 5 heterocycles. The van der Waals surface area contributed by atoms with E-state index in [4.69, 9.17) is 22.1 Å². The predicted octanol–water partition coefficient (Wildman–Crippen LogP) is 4.50. The van der Waals surface area contributed by atoms with Gasteiger partial charge >= 0.3 is 0 Å². The summed E-state index contributed by atoms with van der Waals surface area (Å²) in [6.45, 7) is 5.24. The van der Waals surface area contributed by atoms with Crippen LogP contribution in [0.15, 0.2) is 39.1 Å². The monoisotopic (exact) mass is 611 g/mol. The highest BCUT2D eigenvalue weighted by Crippen LogP contribution is 2.44. The van der Waals surface area contributed by atoms with Crippen LogP contribution < -0.4 is 21.5 Å². The van der Waals surface area contributed by atoms with Gasteiger partial charge in [-0.2, -0.15) is 4.98 Å². The normalized spacial score (nSPS) is 19.6. The predicted molar refractivity (Wildman–Crippen MR) is 162 cm³/mol. The maximum Gasteiger partial charge on any atom is 0.270 e. The molecule has 42 heavy (non-hydrogen) atoms. The lowest BCUT2D eigenvalue weighted by molar-refractivity contribution is 0.0865. The van der Waals surface area contributed by atoms with Crippen molar-refractivity contribution >= 4 is 46.6 Å². The van der Waals surface area contributed by atoms with E-state index in [1.54, 1.807) is 24.4 Å². The van der Waals surface area contributed by atoms with Gasteiger partial charge in [-0.1, -0.05) is 36.4 Å². The lowest BCUT2D eigenvalue weighted by Gasteiger charge is -2.39. The van der Waals surface area contributed by atoms with Gasteiger partial charge in [-0.15, -0.1) is 0 Å². The molecule has 0 saturated carbocycles. The van der Waals surface area contributed by atoms with Crippen LogP contribution >= 0.6 is 23.4 Å². The third kappa shape index (κ3) is 5.55. The molecular weight excluding hydrogens is 578 g/mol. The van der Waals surface area contributed by atoms with Gasteiger partial charge in [-0.25, -0.2) is 9.97 Å².